The lowest BCUT2D eigenvalue weighted by atomic mass is 10.2. The first-order chi connectivity index (χ1) is 4.63. The molecule has 0 bridgehead atoms. The lowest BCUT2D eigenvalue weighted by Crippen LogP contribution is -2.33. The first-order valence-corrected chi connectivity index (χ1v) is 3.26. The molecule has 0 amide bonds. The molecule has 2 atom stereocenters. The zero-order valence-corrected chi connectivity index (χ0v) is 6.16. The van der Waals surface area contributed by atoms with Gasteiger partial charge in [0.1, 0.15) is 6.10 Å². The van der Waals surface area contributed by atoms with Gasteiger partial charge in [0.2, 0.25) is 0 Å². The number of hydrogen-bond donors (Lipinski definition) is 4. The molecule has 0 aromatic rings. The van der Waals surface area contributed by atoms with Crippen LogP contribution in [0.15, 0.2) is 0 Å². The van der Waals surface area contributed by atoms with Gasteiger partial charge >= 0.3 is 0 Å². The molecule has 0 radical (unpaired) electrons. The zero-order valence-electron chi connectivity index (χ0n) is 5.27. The van der Waals surface area contributed by atoms with Crippen molar-refractivity contribution < 1.29 is 20.1 Å². The number of aliphatic hydroxyl groups excluding tert-OH is 3. The molecule has 0 aliphatic rings. The van der Waals surface area contributed by atoms with E-state index in [1.165, 1.54) is 0 Å². The van der Waals surface area contributed by atoms with E-state index < -0.39 is 30.4 Å². The fourth-order valence-corrected chi connectivity index (χ4v) is 0.574. The molecule has 3 N–H and O–H groups in total. The molecule has 0 saturated heterocycles. The van der Waals surface area contributed by atoms with Crippen molar-refractivity contribution in [2.75, 3.05) is 13.2 Å². The van der Waals surface area contributed by atoms with E-state index in [1.807, 2.05) is 0 Å². The van der Waals surface area contributed by atoms with Crippen LogP contribution < -0.4 is 0 Å². The lowest BCUT2D eigenvalue weighted by Gasteiger charge is -2.09. The highest BCUT2D eigenvalue weighted by Gasteiger charge is 2.20. The van der Waals surface area contributed by atoms with Crippen LogP contribution in [-0.2, 0) is 4.79 Å². The third kappa shape index (κ3) is 2.66. The third-order valence-electron chi connectivity index (χ3n) is 1.00. The Morgan fingerprint density at radius 1 is 1.40 bits per heavy atom. The quantitative estimate of drug-likeness (QED) is 0.372. The van der Waals surface area contributed by atoms with Crippen LogP contribution >= 0.6 is 12.6 Å². The van der Waals surface area contributed by atoms with Gasteiger partial charge in [-0.2, -0.15) is 12.6 Å². The first-order valence-electron chi connectivity index (χ1n) is 2.75. The van der Waals surface area contributed by atoms with Crippen LogP contribution in [0, 0.1) is 0 Å². The van der Waals surface area contributed by atoms with Crippen LogP contribution in [0.5, 0.6) is 0 Å². The van der Waals surface area contributed by atoms with Gasteiger partial charge in [0, 0.05) is 0 Å². The summed E-state index contributed by atoms with van der Waals surface area (Å²) in [5.41, 5.74) is 0. The van der Waals surface area contributed by atoms with Crippen molar-refractivity contribution in [2.45, 2.75) is 11.4 Å². The third-order valence-corrected chi connectivity index (χ3v) is 1.42. The smallest absolute Gasteiger partial charge is 0.178 e. The summed E-state index contributed by atoms with van der Waals surface area (Å²) >= 11 is 3.65. The van der Waals surface area contributed by atoms with E-state index >= 15 is 0 Å². The summed E-state index contributed by atoms with van der Waals surface area (Å²) in [4.78, 5) is 10.7. The van der Waals surface area contributed by atoms with Crippen LogP contribution in [0.2, 0.25) is 0 Å². The van der Waals surface area contributed by atoms with Crippen LogP contribution in [0.3, 0.4) is 0 Å². The molecule has 0 aliphatic heterocycles. The van der Waals surface area contributed by atoms with Crippen LogP contribution in [0.4, 0.5) is 0 Å². The Morgan fingerprint density at radius 2 is 1.90 bits per heavy atom. The number of rotatable bonds is 4. The number of thiol groups is 1. The maximum absolute atomic E-state index is 10.7. The van der Waals surface area contributed by atoms with E-state index in [2.05, 4.69) is 12.6 Å². The summed E-state index contributed by atoms with van der Waals surface area (Å²) in [5.74, 6) is -0.659. The summed E-state index contributed by atoms with van der Waals surface area (Å²) in [6.07, 6.45) is -1.42. The lowest BCUT2D eigenvalue weighted by molar-refractivity contribution is -0.128. The zero-order chi connectivity index (χ0) is 8.15. The highest BCUT2D eigenvalue weighted by Crippen LogP contribution is 1.98. The largest absolute Gasteiger partial charge is 0.395 e. The van der Waals surface area contributed by atoms with Crippen molar-refractivity contribution in [3.8, 4) is 0 Å². The summed E-state index contributed by atoms with van der Waals surface area (Å²) in [7, 11) is 0. The minimum Gasteiger partial charge on any atom is -0.395 e. The molecule has 0 fully saturated rings. The van der Waals surface area contributed by atoms with E-state index in [0.29, 0.717) is 0 Å². The van der Waals surface area contributed by atoms with Gasteiger partial charge in [0.05, 0.1) is 18.5 Å². The van der Waals surface area contributed by atoms with Gasteiger partial charge in [-0.1, -0.05) is 0 Å². The van der Waals surface area contributed by atoms with Crippen molar-refractivity contribution in [3.63, 3.8) is 0 Å². The molecule has 10 heavy (non-hydrogen) atoms. The number of hydrogen-bond acceptors (Lipinski definition) is 5. The fraction of sp³-hybridized carbons (Fsp3) is 0.800. The van der Waals surface area contributed by atoms with Gasteiger partial charge < -0.3 is 15.3 Å². The molecule has 0 aromatic heterocycles. The van der Waals surface area contributed by atoms with E-state index in [9.17, 15) is 4.79 Å². The minimum atomic E-state index is -1.42. The molecule has 0 heterocycles. The molecule has 4 nitrogen and oxygen atoms in total. The Labute approximate surface area is 63.9 Å². The molecule has 0 spiro atoms. The van der Waals surface area contributed by atoms with Gasteiger partial charge in [-0.05, 0) is 0 Å². The van der Waals surface area contributed by atoms with Crippen LogP contribution in [0.1, 0.15) is 0 Å². The predicted octanol–water partition coefficient (Wildman–Crippen LogP) is -1.80. The molecule has 0 aromatic carbocycles. The molecule has 0 rings (SSSR count). The van der Waals surface area contributed by atoms with Crippen molar-refractivity contribution in [1.82, 2.24) is 0 Å². The average Bonchev–Trinajstić information content (AvgIpc) is 2.00. The molecule has 0 saturated carbocycles. The van der Waals surface area contributed by atoms with E-state index in [4.69, 9.17) is 15.3 Å². The van der Waals surface area contributed by atoms with Crippen LogP contribution in [0.25, 0.3) is 0 Å². The van der Waals surface area contributed by atoms with Gasteiger partial charge in [-0.15, -0.1) is 0 Å². The van der Waals surface area contributed by atoms with Gasteiger partial charge in [-0.3, -0.25) is 4.79 Å². The highest BCUT2D eigenvalue weighted by atomic mass is 32.1. The number of aliphatic hydroxyl groups is 3. The van der Waals surface area contributed by atoms with Crippen LogP contribution in [-0.4, -0.2) is 45.7 Å². The van der Waals surface area contributed by atoms with Gasteiger partial charge in [-0.25, -0.2) is 0 Å². The average molecular weight is 166 g/mol. The Morgan fingerprint density at radius 3 is 2.20 bits per heavy atom. The number of Topliss-reactive ketones (excluding diaryl/α,β-unsaturated/α-hetero) is 1. The maximum Gasteiger partial charge on any atom is 0.178 e. The Kier molecular flexibility index (Phi) is 4.63. The molecular weight excluding hydrogens is 156 g/mol. The molecule has 0 aliphatic carbocycles. The van der Waals surface area contributed by atoms with Gasteiger partial charge in [0.15, 0.2) is 5.78 Å². The number of ketones is 1. The molecule has 60 valence electrons. The summed E-state index contributed by atoms with van der Waals surface area (Å²) < 4.78 is 0. The Hall–Kier alpha value is -0.100. The maximum atomic E-state index is 10.7. The van der Waals surface area contributed by atoms with E-state index in [-0.39, 0.29) is 0 Å². The Bertz CT molecular complexity index is 104. The van der Waals surface area contributed by atoms with Crippen molar-refractivity contribution in [3.05, 3.63) is 0 Å². The topological polar surface area (TPSA) is 77.8 Å². The second-order valence-corrected chi connectivity index (χ2v) is 2.42. The second-order valence-electron chi connectivity index (χ2n) is 1.80. The summed E-state index contributed by atoms with van der Waals surface area (Å²) in [6.45, 7) is -1.06. The number of carbonyl (C=O) groups excluding carboxylic acids is 1. The van der Waals surface area contributed by atoms with E-state index in [1.54, 1.807) is 0 Å². The molecule has 0 unspecified atom stereocenters. The standard InChI is InChI=1S/C5H10O4S/c6-1-3(8)5(9)4(10)2-7/h3-4,6-8,10H,1-2H2/t3-,4+/m0/s1. The van der Waals surface area contributed by atoms with Gasteiger partial charge in [0.25, 0.3) is 0 Å². The second kappa shape index (κ2) is 4.68. The van der Waals surface area contributed by atoms with E-state index in [0.717, 1.165) is 0 Å². The summed E-state index contributed by atoms with van der Waals surface area (Å²) in [5, 5.41) is 24.4. The Balaban J connectivity index is 3.82. The summed E-state index contributed by atoms with van der Waals surface area (Å²) in [6, 6.07) is 0. The monoisotopic (exact) mass is 166 g/mol. The SMILES string of the molecule is O=C([C@H](S)CO)[C@@H](O)CO. The first kappa shape index (κ1) is 9.90. The minimum absolute atomic E-state index is 0.432. The van der Waals surface area contributed by atoms with Crippen molar-refractivity contribution in [2.24, 2.45) is 0 Å². The fourth-order valence-electron chi connectivity index (χ4n) is 0.402. The highest BCUT2D eigenvalue weighted by molar-refractivity contribution is 7.81. The van der Waals surface area contributed by atoms with Crippen molar-refractivity contribution in [1.29, 1.82) is 0 Å². The number of carbonyl (C=O) groups is 1. The normalized spacial score (nSPS) is 16.4. The van der Waals surface area contributed by atoms with Crippen molar-refractivity contribution >= 4 is 18.4 Å². The molecular formula is C5H10O4S. The molecule has 5 heteroatoms. The predicted molar refractivity (Wildman–Crippen MR) is 38.0 cm³/mol.